The second kappa shape index (κ2) is 7.38. The molecule has 22 heavy (non-hydrogen) atoms. The molecule has 0 aliphatic carbocycles. The van der Waals surface area contributed by atoms with Crippen molar-refractivity contribution in [1.82, 2.24) is 4.98 Å². The highest BCUT2D eigenvalue weighted by atomic mass is 35.5. The van der Waals surface area contributed by atoms with Crippen LogP contribution >= 0.6 is 22.9 Å². The zero-order chi connectivity index (χ0) is 16.1. The maximum atomic E-state index is 12.0. The first-order valence-corrected chi connectivity index (χ1v) is 7.96. The van der Waals surface area contributed by atoms with E-state index in [0.717, 1.165) is 0 Å². The van der Waals surface area contributed by atoms with Gasteiger partial charge in [0, 0.05) is 17.7 Å². The van der Waals surface area contributed by atoms with Gasteiger partial charge >= 0.3 is 0 Å². The lowest BCUT2D eigenvalue weighted by molar-refractivity contribution is -0.116. The summed E-state index contributed by atoms with van der Waals surface area (Å²) in [7, 11) is 0. The van der Waals surface area contributed by atoms with Gasteiger partial charge in [0.15, 0.2) is 5.13 Å². The van der Waals surface area contributed by atoms with Crippen molar-refractivity contribution in [2.24, 2.45) is 5.92 Å². The number of aromatic nitrogens is 1. The Bertz CT molecular complexity index is 668. The number of halogens is 1. The Kier molecular flexibility index (Phi) is 5.51. The van der Waals surface area contributed by atoms with Gasteiger partial charge in [-0.2, -0.15) is 0 Å². The Morgan fingerprint density at radius 2 is 1.91 bits per heavy atom. The lowest BCUT2D eigenvalue weighted by Crippen LogP contribution is -2.14. The number of nitrogens with one attached hydrogen (secondary N) is 2. The SMILES string of the molecule is CC(C)CC(=O)Nc1ccc(C(=O)Nc2ncc(Cl)s2)cc1. The van der Waals surface area contributed by atoms with Crippen LogP contribution in [0.25, 0.3) is 0 Å². The van der Waals surface area contributed by atoms with Crippen LogP contribution < -0.4 is 10.6 Å². The molecule has 0 fully saturated rings. The summed E-state index contributed by atoms with van der Waals surface area (Å²) in [4.78, 5) is 27.7. The quantitative estimate of drug-likeness (QED) is 0.865. The number of benzene rings is 1. The maximum Gasteiger partial charge on any atom is 0.257 e. The molecule has 5 nitrogen and oxygen atoms in total. The van der Waals surface area contributed by atoms with Crippen molar-refractivity contribution in [2.75, 3.05) is 10.6 Å². The van der Waals surface area contributed by atoms with Gasteiger partial charge in [0.2, 0.25) is 5.91 Å². The van der Waals surface area contributed by atoms with E-state index in [1.165, 1.54) is 17.5 Å². The Morgan fingerprint density at radius 1 is 1.23 bits per heavy atom. The molecule has 2 amide bonds. The lowest BCUT2D eigenvalue weighted by atomic mass is 10.1. The molecule has 1 aromatic heterocycles. The van der Waals surface area contributed by atoms with Crippen LogP contribution in [0.5, 0.6) is 0 Å². The number of rotatable bonds is 5. The number of carbonyl (C=O) groups excluding carboxylic acids is 2. The molecule has 7 heteroatoms. The molecule has 2 N–H and O–H groups in total. The average molecular weight is 338 g/mol. The van der Waals surface area contributed by atoms with E-state index in [4.69, 9.17) is 11.6 Å². The standard InChI is InChI=1S/C15H16ClN3O2S/c1-9(2)7-13(20)18-11-5-3-10(4-6-11)14(21)19-15-17-8-12(16)22-15/h3-6,8-9H,7H2,1-2H3,(H,18,20)(H,17,19,21). The summed E-state index contributed by atoms with van der Waals surface area (Å²) < 4.78 is 0.513. The zero-order valence-corrected chi connectivity index (χ0v) is 13.8. The van der Waals surface area contributed by atoms with E-state index in [0.29, 0.717) is 33.1 Å². The molecule has 0 saturated carbocycles. The highest BCUT2D eigenvalue weighted by molar-refractivity contribution is 7.19. The number of amides is 2. The minimum Gasteiger partial charge on any atom is -0.326 e. The summed E-state index contributed by atoms with van der Waals surface area (Å²) in [6.07, 6.45) is 1.95. The highest BCUT2D eigenvalue weighted by Gasteiger charge is 2.10. The molecule has 2 aromatic rings. The van der Waals surface area contributed by atoms with Crippen molar-refractivity contribution in [2.45, 2.75) is 20.3 Å². The molecule has 0 saturated heterocycles. The number of anilines is 2. The average Bonchev–Trinajstić information content (AvgIpc) is 2.83. The van der Waals surface area contributed by atoms with Crippen molar-refractivity contribution < 1.29 is 9.59 Å². The third-order valence-electron chi connectivity index (χ3n) is 2.72. The summed E-state index contributed by atoms with van der Waals surface area (Å²) in [6, 6.07) is 6.69. The smallest absolute Gasteiger partial charge is 0.257 e. The molecule has 0 spiro atoms. The van der Waals surface area contributed by atoms with E-state index in [2.05, 4.69) is 15.6 Å². The predicted octanol–water partition coefficient (Wildman–Crippen LogP) is 4.03. The van der Waals surface area contributed by atoms with Gasteiger partial charge in [0.1, 0.15) is 4.34 Å². The number of nitrogens with zero attached hydrogens (tertiary/aromatic N) is 1. The van der Waals surface area contributed by atoms with Crippen LogP contribution in [-0.4, -0.2) is 16.8 Å². The third-order valence-corrected chi connectivity index (χ3v) is 3.75. The molecule has 116 valence electrons. The minimum absolute atomic E-state index is 0.0374. The Balaban J connectivity index is 1.96. The Morgan fingerprint density at radius 3 is 2.45 bits per heavy atom. The lowest BCUT2D eigenvalue weighted by Gasteiger charge is -2.08. The first-order valence-electron chi connectivity index (χ1n) is 6.76. The van der Waals surface area contributed by atoms with Crippen LogP contribution in [-0.2, 0) is 4.79 Å². The van der Waals surface area contributed by atoms with Gasteiger partial charge in [-0.05, 0) is 30.2 Å². The summed E-state index contributed by atoms with van der Waals surface area (Å²) in [6.45, 7) is 3.97. The van der Waals surface area contributed by atoms with E-state index in [-0.39, 0.29) is 11.8 Å². The first-order chi connectivity index (χ1) is 10.4. The first kappa shape index (κ1) is 16.5. The highest BCUT2D eigenvalue weighted by Crippen LogP contribution is 2.23. The van der Waals surface area contributed by atoms with E-state index >= 15 is 0 Å². The van der Waals surface area contributed by atoms with Gasteiger partial charge in [-0.3, -0.25) is 14.9 Å². The molecule has 0 atom stereocenters. The molecule has 2 rings (SSSR count). The number of carbonyl (C=O) groups is 2. The fraction of sp³-hybridized carbons (Fsp3) is 0.267. The van der Waals surface area contributed by atoms with Crippen LogP contribution in [0, 0.1) is 5.92 Å². The van der Waals surface area contributed by atoms with Crippen molar-refractivity contribution in [3.63, 3.8) is 0 Å². The summed E-state index contributed by atoms with van der Waals surface area (Å²) >= 11 is 6.95. The third kappa shape index (κ3) is 4.82. The molecule has 1 heterocycles. The van der Waals surface area contributed by atoms with E-state index < -0.39 is 0 Å². The van der Waals surface area contributed by atoms with Gasteiger partial charge in [-0.1, -0.05) is 36.8 Å². The van der Waals surface area contributed by atoms with Gasteiger partial charge in [0.05, 0.1) is 6.20 Å². The van der Waals surface area contributed by atoms with Crippen LogP contribution in [0.15, 0.2) is 30.5 Å². The van der Waals surface area contributed by atoms with Crippen molar-refractivity contribution >= 4 is 45.6 Å². The van der Waals surface area contributed by atoms with Crippen LogP contribution in [0.3, 0.4) is 0 Å². The topological polar surface area (TPSA) is 71.1 Å². The van der Waals surface area contributed by atoms with E-state index in [1.807, 2.05) is 13.8 Å². The largest absolute Gasteiger partial charge is 0.326 e. The minimum atomic E-state index is -0.272. The monoisotopic (exact) mass is 337 g/mol. The van der Waals surface area contributed by atoms with Crippen molar-refractivity contribution in [1.29, 1.82) is 0 Å². The fourth-order valence-corrected chi connectivity index (χ4v) is 2.58. The van der Waals surface area contributed by atoms with Crippen LogP contribution in [0.4, 0.5) is 10.8 Å². The maximum absolute atomic E-state index is 12.0. The molecule has 0 radical (unpaired) electrons. The molecular weight excluding hydrogens is 322 g/mol. The number of thiazole rings is 1. The van der Waals surface area contributed by atoms with Crippen LogP contribution in [0.1, 0.15) is 30.6 Å². The van der Waals surface area contributed by atoms with Gasteiger partial charge < -0.3 is 5.32 Å². The molecular formula is C15H16ClN3O2S. The fourth-order valence-electron chi connectivity index (χ4n) is 1.77. The summed E-state index contributed by atoms with van der Waals surface area (Å²) in [5, 5.41) is 5.90. The number of hydrogen-bond acceptors (Lipinski definition) is 4. The van der Waals surface area contributed by atoms with Crippen LogP contribution in [0.2, 0.25) is 4.34 Å². The van der Waals surface area contributed by atoms with Crippen molar-refractivity contribution in [3.05, 3.63) is 40.4 Å². The predicted molar refractivity (Wildman–Crippen MR) is 89.6 cm³/mol. The van der Waals surface area contributed by atoms with E-state index in [9.17, 15) is 9.59 Å². The number of hydrogen-bond donors (Lipinski definition) is 2. The molecule has 0 unspecified atom stereocenters. The summed E-state index contributed by atoms with van der Waals surface area (Å²) in [5.74, 6) is -0.00845. The van der Waals surface area contributed by atoms with Crippen molar-refractivity contribution in [3.8, 4) is 0 Å². The van der Waals surface area contributed by atoms with Gasteiger partial charge in [0.25, 0.3) is 5.91 Å². The molecule has 1 aromatic carbocycles. The normalized spacial score (nSPS) is 10.5. The van der Waals surface area contributed by atoms with E-state index in [1.54, 1.807) is 24.3 Å². The molecule has 0 aliphatic heterocycles. The Labute approximate surface area is 137 Å². The zero-order valence-electron chi connectivity index (χ0n) is 12.2. The van der Waals surface area contributed by atoms with Gasteiger partial charge in [-0.15, -0.1) is 0 Å². The Hall–Kier alpha value is -1.92. The van der Waals surface area contributed by atoms with Gasteiger partial charge in [-0.25, -0.2) is 4.98 Å². The molecule has 0 aliphatic rings. The summed E-state index contributed by atoms with van der Waals surface area (Å²) in [5.41, 5.74) is 1.15. The second-order valence-corrected chi connectivity index (χ2v) is 6.81. The second-order valence-electron chi connectivity index (χ2n) is 5.15. The molecule has 0 bridgehead atoms.